The van der Waals surface area contributed by atoms with Crippen molar-refractivity contribution in [3.05, 3.63) is 48.0 Å². The predicted molar refractivity (Wildman–Crippen MR) is 73.0 cm³/mol. The highest BCUT2D eigenvalue weighted by Crippen LogP contribution is 2.24. The molecular formula is C14H14ClNO2. The van der Waals surface area contributed by atoms with E-state index in [1.807, 2.05) is 12.1 Å². The maximum absolute atomic E-state index is 11.2. The number of hydrogen-bond donors (Lipinski definition) is 1. The molecule has 1 N–H and O–H groups in total. The van der Waals surface area contributed by atoms with E-state index < -0.39 is 0 Å². The van der Waals surface area contributed by atoms with Gasteiger partial charge in [0.2, 0.25) is 0 Å². The van der Waals surface area contributed by atoms with Crippen molar-refractivity contribution in [2.45, 2.75) is 12.5 Å². The zero-order valence-corrected chi connectivity index (χ0v) is 10.6. The molecule has 1 fully saturated rings. The van der Waals surface area contributed by atoms with E-state index in [-0.39, 0.29) is 24.5 Å². The Morgan fingerprint density at radius 1 is 1.11 bits per heavy atom. The largest absolute Gasteiger partial charge is 0.449 e. The van der Waals surface area contributed by atoms with Gasteiger partial charge in [-0.2, -0.15) is 0 Å². The van der Waals surface area contributed by atoms with E-state index in [2.05, 4.69) is 35.6 Å². The molecule has 1 atom stereocenters. The average Bonchev–Trinajstić information content (AvgIpc) is 2.38. The molecule has 94 valence electrons. The van der Waals surface area contributed by atoms with Crippen LogP contribution in [-0.4, -0.2) is 12.7 Å². The summed E-state index contributed by atoms with van der Waals surface area (Å²) in [5.74, 6) is 0. The van der Waals surface area contributed by atoms with Gasteiger partial charge < -0.3 is 10.1 Å². The van der Waals surface area contributed by atoms with Gasteiger partial charge in [-0.15, -0.1) is 12.4 Å². The van der Waals surface area contributed by atoms with Gasteiger partial charge in [0.15, 0.2) is 0 Å². The van der Waals surface area contributed by atoms with Crippen molar-refractivity contribution in [2.24, 2.45) is 0 Å². The van der Waals surface area contributed by atoms with Gasteiger partial charge in [0.1, 0.15) is 0 Å². The third kappa shape index (κ3) is 2.41. The first-order chi connectivity index (χ1) is 8.33. The van der Waals surface area contributed by atoms with Crippen molar-refractivity contribution in [1.29, 1.82) is 0 Å². The monoisotopic (exact) mass is 263 g/mol. The molecule has 0 bridgehead atoms. The molecule has 0 radical (unpaired) electrons. The van der Waals surface area contributed by atoms with Crippen LogP contribution in [0.3, 0.4) is 0 Å². The fraction of sp³-hybridized carbons (Fsp3) is 0.214. The zero-order valence-electron chi connectivity index (χ0n) is 9.76. The quantitative estimate of drug-likeness (QED) is 0.856. The number of halogens is 1. The molecule has 3 rings (SSSR count). The molecule has 2 aromatic rings. The molecular weight excluding hydrogens is 250 g/mol. The second kappa shape index (κ2) is 5.27. The van der Waals surface area contributed by atoms with Crippen LogP contribution in [0.1, 0.15) is 18.0 Å². The summed E-state index contributed by atoms with van der Waals surface area (Å²) in [5, 5.41) is 5.25. The summed E-state index contributed by atoms with van der Waals surface area (Å²) in [5.41, 5.74) is 1.14. The summed E-state index contributed by atoms with van der Waals surface area (Å²) in [6, 6.07) is 14.6. The Kier molecular flexibility index (Phi) is 3.72. The van der Waals surface area contributed by atoms with Gasteiger partial charge in [-0.3, -0.25) is 0 Å². The molecule has 3 nitrogen and oxygen atoms in total. The zero-order chi connectivity index (χ0) is 11.7. The number of rotatable bonds is 1. The Bertz CT molecular complexity index is 570. The van der Waals surface area contributed by atoms with Crippen molar-refractivity contribution < 1.29 is 9.53 Å². The number of nitrogens with one attached hydrogen (secondary N) is 1. The number of carbonyl (C=O) groups is 1. The molecule has 18 heavy (non-hydrogen) atoms. The molecule has 2 aromatic carbocycles. The molecule has 0 spiro atoms. The first kappa shape index (κ1) is 12.7. The van der Waals surface area contributed by atoms with Gasteiger partial charge >= 0.3 is 6.09 Å². The molecule has 1 aliphatic rings. The Balaban J connectivity index is 0.00000120. The highest BCUT2D eigenvalue weighted by Gasteiger charge is 2.20. The van der Waals surface area contributed by atoms with E-state index in [4.69, 9.17) is 4.74 Å². The number of alkyl carbamates (subject to hydrolysis) is 1. The highest BCUT2D eigenvalue weighted by molar-refractivity contribution is 5.85. The van der Waals surface area contributed by atoms with Gasteiger partial charge in [-0.1, -0.05) is 36.4 Å². The lowest BCUT2D eigenvalue weighted by molar-refractivity contribution is 0.115. The highest BCUT2D eigenvalue weighted by atomic mass is 35.5. The van der Waals surface area contributed by atoms with Crippen LogP contribution >= 0.6 is 12.4 Å². The minimum absolute atomic E-state index is 0. The minimum atomic E-state index is -0.325. The topological polar surface area (TPSA) is 38.3 Å². The minimum Gasteiger partial charge on any atom is -0.449 e. The first-order valence-electron chi connectivity index (χ1n) is 5.75. The van der Waals surface area contributed by atoms with Crippen molar-refractivity contribution in [2.75, 3.05) is 6.61 Å². The lowest BCUT2D eigenvalue weighted by Gasteiger charge is -2.23. The van der Waals surface area contributed by atoms with Gasteiger partial charge in [0.25, 0.3) is 0 Å². The van der Waals surface area contributed by atoms with Gasteiger partial charge in [0, 0.05) is 6.42 Å². The third-order valence-electron chi connectivity index (χ3n) is 3.11. The molecule has 4 heteroatoms. The van der Waals surface area contributed by atoms with Crippen LogP contribution in [0, 0.1) is 0 Å². The van der Waals surface area contributed by atoms with E-state index in [1.165, 1.54) is 10.8 Å². The Hall–Kier alpha value is -1.74. The van der Waals surface area contributed by atoms with Crippen LogP contribution in [-0.2, 0) is 4.74 Å². The standard InChI is InChI=1S/C14H13NO2.ClH/c16-14-15-13(7-8-17-14)12-6-5-10-3-1-2-4-11(10)9-12;/h1-6,9,13H,7-8H2,(H,15,16);1H/t13-;/m0./s1. The Morgan fingerprint density at radius 3 is 2.67 bits per heavy atom. The first-order valence-corrected chi connectivity index (χ1v) is 5.75. The number of carbonyl (C=O) groups excluding carboxylic acids is 1. The van der Waals surface area contributed by atoms with Gasteiger partial charge in [-0.05, 0) is 22.4 Å². The fourth-order valence-electron chi connectivity index (χ4n) is 2.20. The molecule has 0 unspecified atom stereocenters. The molecule has 1 heterocycles. The maximum atomic E-state index is 11.2. The predicted octanol–water partition coefficient (Wildman–Crippen LogP) is 3.43. The van der Waals surface area contributed by atoms with Crippen molar-refractivity contribution in [1.82, 2.24) is 5.32 Å². The lowest BCUT2D eigenvalue weighted by Crippen LogP contribution is -2.35. The number of ether oxygens (including phenoxy) is 1. The number of amides is 1. The average molecular weight is 264 g/mol. The summed E-state index contributed by atoms with van der Waals surface area (Å²) in [6.45, 7) is 0.489. The molecule has 0 saturated carbocycles. The van der Waals surface area contributed by atoms with Crippen LogP contribution in [0.5, 0.6) is 0 Å². The molecule has 1 aliphatic heterocycles. The van der Waals surface area contributed by atoms with E-state index in [9.17, 15) is 4.79 Å². The van der Waals surface area contributed by atoms with Gasteiger partial charge in [-0.25, -0.2) is 4.79 Å². The fourth-order valence-corrected chi connectivity index (χ4v) is 2.20. The molecule has 0 aliphatic carbocycles. The Labute approximate surface area is 112 Å². The number of hydrogen-bond acceptors (Lipinski definition) is 2. The van der Waals surface area contributed by atoms with Crippen LogP contribution in [0.15, 0.2) is 42.5 Å². The van der Waals surface area contributed by atoms with Crippen LogP contribution in [0.4, 0.5) is 4.79 Å². The van der Waals surface area contributed by atoms with Crippen molar-refractivity contribution >= 4 is 29.3 Å². The van der Waals surface area contributed by atoms with E-state index in [0.717, 1.165) is 12.0 Å². The van der Waals surface area contributed by atoms with Gasteiger partial charge in [0.05, 0.1) is 12.6 Å². The Morgan fingerprint density at radius 2 is 1.89 bits per heavy atom. The summed E-state index contributed by atoms with van der Waals surface area (Å²) in [7, 11) is 0. The van der Waals surface area contributed by atoms with Crippen molar-refractivity contribution in [3.8, 4) is 0 Å². The summed E-state index contributed by atoms with van der Waals surface area (Å²) in [4.78, 5) is 11.2. The molecule has 0 aromatic heterocycles. The molecule has 1 saturated heterocycles. The summed E-state index contributed by atoms with van der Waals surface area (Å²) >= 11 is 0. The maximum Gasteiger partial charge on any atom is 0.407 e. The normalized spacial score (nSPS) is 18.7. The van der Waals surface area contributed by atoms with Crippen LogP contribution in [0.2, 0.25) is 0 Å². The lowest BCUT2D eigenvalue weighted by atomic mass is 9.99. The van der Waals surface area contributed by atoms with Crippen LogP contribution in [0.25, 0.3) is 10.8 Å². The van der Waals surface area contributed by atoms with E-state index >= 15 is 0 Å². The SMILES string of the molecule is Cl.O=C1N[C@H](c2ccc3ccccc3c2)CCO1. The second-order valence-electron chi connectivity index (χ2n) is 4.23. The molecule has 1 amide bonds. The van der Waals surface area contributed by atoms with Crippen LogP contribution < -0.4 is 5.32 Å². The summed E-state index contributed by atoms with van der Waals surface area (Å²) in [6.07, 6.45) is 0.499. The number of fused-ring (bicyclic) bond motifs is 1. The number of cyclic esters (lactones) is 1. The summed E-state index contributed by atoms with van der Waals surface area (Å²) < 4.78 is 4.87. The smallest absolute Gasteiger partial charge is 0.407 e. The number of benzene rings is 2. The second-order valence-corrected chi connectivity index (χ2v) is 4.23. The van der Waals surface area contributed by atoms with E-state index in [1.54, 1.807) is 0 Å². The van der Waals surface area contributed by atoms with Crippen molar-refractivity contribution in [3.63, 3.8) is 0 Å². The van der Waals surface area contributed by atoms with E-state index in [0.29, 0.717) is 6.61 Å². The third-order valence-corrected chi connectivity index (χ3v) is 3.11.